The number of amides is 1. The monoisotopic (exact) mass is 512 g/mol. The second-order valence-electron chi connectivity index (χ2n) is 8.78. The van der Waals surface area contributed by atoms with E-state index in [0.29, 0.717) is 17.3 Å². The van der Waals surface area contributed by atoms with Gasteiger partial charge in [0.15, 0.2) is 11.4 Å². The Bertz CT molecular complexity index is 1230. The maximum atomic E-state index is 14.5. The largest absolute Gasteiger partial charge is 0.434 e. The Labute approximate surface area is 202 Å². The van der Waals surface area contributed by atoms with Crippen LogP contribution in [0.5, 0.6) is 0 Å². The van der Waals surface area contributed by atoms with E-state index in [2.05, 4.69) is 20.4 Å². The van der Waals surface area contributed by atoms with Crippen molar-refractivity contribution in [2.75, 3.05) is 18.4 Å². The third-order valence-corrected chi connectivity index (χ3v) is 5.96. The molecule has 2 atom stereocenters. The van der Waals surface area contributed by atoms with Gasteiger partial charge in [0.1, 0.15) is 11.6 Å². The molecule has 0 spiro atoms. The molecule has 1 fully saturated rings. The molecule has 1 N–H and O–H groups in total. The second kappa shape index (κ2) is 9.43. The van der Waals surface area contributed by atoms with Gasteiger partial charge in [0.05, 0.1) is 25.0 Å². The summed E-state index contributed by atoms with van der Waals surface area (Å²) in [6, 6.07) is 4.60. The van der Waals surface area contributed by atoms with Gasteiger partial charge in [0.25, 0.3) is 11.8 Å². The summed E-state index contributed by atoms with van der Waals surface area (Å²) in [5, 5.41) is 6.98. The summed E-state index contributed by atoms with van der Waals surface area (Å²) in [4.78, 5) is 21.6. The molecule has 0 bridgehead atoms. The number of nitrogens with one attached hydrogen (secondary N) is 1. The average molecular weight is 512 g/mol. The van der Waals surface area contributed by atoms with Crippen LogP contribution in [-0.4, -0.2) is 55.6 Å². The molecule has 1 unspecified atom stereocenters. The third-order valence-electron chi connectivity index (χ3n) is 5.96. The van der Waals surface area contributed by atoms with Crippen molar-refractivity contribution in [3.05, 3.63) is 60.1 Å². The van der Waals surface area contributed by atoms with Crippen molar-refractivity contribution in [1.29, 1.82) is 0 Å². The zero-order chi connectivity index (χ0) is 26.3. The molecule has 1 saturated heterocycles. The molecule has 1 aliphatic rings. The van der Waals surface area contributed by atoms with Crippen LogP contribution in [0.2, 0.25) is 0 Å². The zero-order valence-corrected chi connectivity index (χ0v) is 19.2. The Kier molecular flexibility index (Phi) is 6.67. The maximum absolute atomic E-state index is 14.5. The van der Waals surface area contributed by atoms with Gasteiger partial charge in [-0.3, -0.25) is 9.48 Å². The number of aromatic nitrogens is 4. The van der Waals surface area contributed by atoms with Gasteiger partial charge in [0.2, 0.25) is 0 Å². The number of hydrogen-bond acceptors (Lipinski definition) is 5. The van der Waals surface area contributed by atoms with Gasteiger partial charge < -0.3 is 10.2 Å². The summed E-state index contributed by atoms with van der Waals surface area (Å²) in [6.45, 7) is 0.653. The number of alkyl halides is 5. The van der Waals surface area contributed by atoms with Crippen molar-refractivity contribution in [2.45, 2.75) is 31.5 Å². The molecule has 3 aromatic rings. The maximum Gasteiger partial charge on any atom is 0.434 e. The third kappa shape index (κ3) is 5.44. The smallest absolute Gasteiger partial charge is 0.367 e. The van der Waals surface area contributed by atoms with Crippen molar-refractivity contribution < 1.29 is 31.1 Å². The number of anilines is 1. The Morgan fingerprint density at radius 3 is 2.47 bits per heavy atom. The molecule has 192 valence electrons. The lowest BCUT2D eigenvalue weighted by Gasteiger charge is -2.43. The van der Waals surface area contributed by atoms with E-state index in [1.54, 1.807) is 14.0 Å². The van der Waals surface area contributed by atoms with Crippen LogP contribution in [0.3, 0.4) is 0 Å². The molecule has 3 heterocycles. The molecule has 36 heavy (non-hydrogen) atoms. The first kappa shape index (κ1) is 25.5. The fourth-order valence-corrected chi connectivity index (χ4v) is 4.28. The molecular formula is C23H22F6N6O. The summed E-state index contributed by atoms with van der Waals surface area (Å²) in [7, 11) is 1.57. The molecule has 13 heteroatoms. The van der Waals surface area contributed by atoms with E-state index in [9.17, 15) is 31.1 Å². The van der Waals surface area contributed by atoms with E-state index < -0.39 is 54.4 Å². The van der Waals surface area contributed by atoms with E-state index in [0.717, 1.165) is 11.1 Å². The number of benzene rings is 1. The lowest BCUT2D eigenvalue weighted by molar-refractivity contribution is -0.141. The Hall–Kier alpha value is -3.64. The average Bonchev–Trinajstić information content (AvgIpc) is 3.19. The second-order valence-corrected chi connectivity index (χ2v) is 8.78. The van der Waals surface area contributed by atoms with E-state index in [4.69, 9.17) is 0 Å². The number of aryl methyl sites for hydroxylation is 1. The molecule has 0 saturated carbocycles. The predicted molar refractivity (Wildman–Crippen MR) is 118 cm³/mol. The van der Waals surface area contributed by atoms with Crippen LogP contribution in [0, 0.1) is 11.7 Å². The summed E-state index contributed by atoms with van der Waals surface area (Å²) < 4.78 is 82.0. The quantitative estimate of drug-likeness (QED) is 0.505. The van der Waals surface area contributed by atoms with Gasteiger partial charge in [0, 0.05) is 31.8 Å². The highest BCUT2D eigenvalue weighted by atomic mass is 19.4. The molecule has 7 nitrogen and oxygen atoms in total. The predicted octanol–water partition coefficient (Wildman–Crippen LogP) is 4.63. The molecule has 0 aliphatic carbocycles. The summed E-state index contributed by atoms with van der Waals surface area (Å²) in [5.41, 5.74) is -0.406. The zero-order valence-electron chi connectivity index (χ0n) is 19.2. The minimum absolute atomic E-state index is 0.00442. The van der Waals surface area contributed by atoms with Gasteiger partial charge in [-0.1, -0.05) is 19.1 Å². The van der Waals surface area contributed by atoms with Crippen LogP contribution in [0.4, 0.5) is 32.2 Å². The first-order valence-electron chi connectivity index (χ1n) is 11.0. The number of hydrogen-bond donors (Lipinski definition) is 1. The van der Waals surface area contributed by atoms with Crippen LogP contribution in [-0.2, 0) is 13.2 Å². The highest BCUT2D eigenvalue weighted by Crippen LogP contribution is 2.36. The van der Waals surface area contributed by atoms with Crippen LogP contribution in [0.15, 0.2) is 42.9 Å². The SMILES string of the molecule is C[C@@H]1CC(F)(F)CN(C(=O)c2nn(C)cc2-c2ccc(F)cc2)C1CNc1cnc(C(F)(F)F)cn1. The number of likely N-dealkylation sites (tertiary alicyclic amines) is 1. The summed E-state index contributed by atoms with van der Waals surface area (Å²) in [6.07, 6.45) is -2.13. The van der Waals surface area contributed by atoms with Crippen LogP contribution in [0.25, 0.3) is 11.1 Å². The Morgan fingerprint density at radius 2 is 1.86 bits per heavy atom. The number of carbonyl (C=O) groups is 1. The number of rotatable bonds is 5. The fourth-order valence-electron chi connectivity index (χ4n) is 4.28. The normalized spacial score (nSPS) is 19.8. The van der Waals surface area contributed by atoms with Gasteiger partial charge in [-0.25, -0.2) is 23.1 Å². The number of piperidine rings is 1. The lowest BCUT2D eigenvalue weighted by Crippen LogP contribution is -2.57. The number of nitrogens with zero attached hydrogens (tertiary/aromatic N) is 5. The standard InChI is InChI=1S/C23H22F6N6O/c1-13-7-22(25,26)12-35(17(13)8-31-19-10-30-18(9-32-19)23(27,28)29)21(36)20-16(11-34(2)33-20)14-3-5-15(24)6-4-14/h3-6,9-11,13,17H,7-8,12H2,1-2H3,(H,31,32)/t13-,17?/m1/s1. The molecule has 1 aliphatic heterocycles. The minimum Gasteiger partial charge on any atom is -0.367 e. The van der Waals surface area contributed by atoms with Gasteiger partial charge in [-0.2, -0.15) is 18.3 Å². The fraction of sp³-hybridized carbons (Fsp3) is 0.391. The molecule has 1 aromatic carbocycles. The number of carbonyl (C=O) groups excluding carboxylic acids is 1. The number of halogens is 6. The van der Waals surface area contributed by atoms with Crippen molar-refractivity contribution in [3.8, 4) is 11.1 Å². The highest BCUT2D eigenvalue weighted by molar-refractivity contribution is 5.99. The first-order chi connectivity index (χ1) is 16.8. The lowest BCUT2D eigenvalue weighted by atomic mass is 9.88. The van der Waals surface area contributed by atoms with E-state index in [1.807, 2.05) is 0 Å². The van der Waals surface area contributed by atoms with E-state index in [-0.39, 0.29) is 18.1 Å². The Balaban J connectivity index is 1.60. The van der Waals surface area contributed by atoms with E-state index >= 15 is 0 Å². The summed E-state index contributed by atoms with van der Waals surface area (Å²) in [5.74, 6) is -5.02. The van der Waals surface area contributed by atoms with Crippen LogP contribution < -0.4 is 5.32 Å². The van der Waals surface area contributed by atoms with Crippen molar-refractivity contribution >= 4 is 11.7 Å². The van der Waals surface area contributed by atoms with Crippen molar-refractivity contribution in [3.63, 3.8) is 0 Å². The first-order valence-corrected chi connectivity index (χ1v) is 11.0. The van der Waals surface area contributed by atoms with Crippen molar-refractivity contribution in [2.24, 2.45) is 13.0 Å². The van der Waals surface area contributed by atoms with Gasteiger partial charge >= 0.3 is 6.18 Å². The van der Waals surface area contributed by atoms with Gasteiger partial charge in [-0.05, 0) is 23.6 Å². The van der Waals surface area contributed by atoms with Crippen molar-refractivity contribution in [1.82, 2.24) is 24.6 Å². The molecule has 1 amide bonds. The van der Waals surface area contributed by atoms with Crippen LogP contribution in [0.1, 0.15) is 29.5 Å². The molecule has 2 aromatic heterocycles. The van der Waals surface area contributed by atoms with Crippen LogP contribution >= 0.6 is 0 Å². The summed E-state index contributed by atoms with van der Waals surface area (Å²) >= 11 is 0. The minimum atomic E-state index is -4.65. The molecule has 4 rings (SSSR count). The molecule has 0 radical (unpaired) electrons. The van der Waals surface area contributed by atoms with E-state index in [1.165, 1.54) is 35.1 Å². The Morgan fingerprint density at radius 1 is 1.17 bits per heavy atom. The topological polar surface area (TPSA) is 75.9 Å². The van der Waals surface area contributed by atoms with Gasteiger partial charge in [-0.15, -0.1) is 0 Å². The molecular weight excluding hydrogens is 490 g/mol. The highest BCUT2D eigenvalue weighted by Gasteiger charge is 2.47.